The van der Waals surface area contributed by atoms with Crippen LogP contribution < -0.4 is 10.6 Å². The SMILES string of the molecule is CN(C)c1ccccc1C1CCc2nc(N)nn2C1. The minimum atomic E-state index is 0.386. The van der Waals surface area contributed by atoms with E-state index in [1.54, 1.807) is 0 Å². The summed E-state index contributed by atoms with van der Waals surface area (Å²) in [6, 6.07) is 8.57. The predicted octanol–water partition coefficient (Wildman–Crippen LogP) is 1.66. The lowest BCUT2D eigenvalue weighted by Gasteiger charge is -2.27. The first kappa shape index (κ1) is 12.0. The summed E-state index contributed by atoms with van der Waals surface area (Å²) in [6.45, 7) is 0.865. The molecular formula is C14H19N5. The van der Waals surface area contributed by atoms with E-state index in [1.165, 1.54) is 11.3 Å². The van der Waals surface area contributed by atoms with Crippen LogP contribution in [0.15, 0.2) is 24.3 Å². The first-order chi connectivity index (χ1) is 9.15. The Kier molecular flexibility index (Phi) is 2.89. The van der Waals surface area contributed by atoms with Gasteiger partial charge < -0.3 is 10.6 Å². The van der Waals surface area contributed by atoms with E-state index in [0.29, 0.717) is 11.9 Å². The summed E-state index contributed by atoms with van der Waals surface area (Å²) in [6.07, 6.45) is 2.04. The topological polar surface area (TPSA) is 60.0 Å². The minimum Gasteiger partial charge on any atom is -0.377 e. The summed E-state index contributed by atoms with van der Waals surface area (Å²) in [4.78, 5) is 6.42. The first-order valence-corrected chi connectivity index (χ1v) is 6.60. The number of anilines is 2. The lowest BCUT2D eigenvalue weighted by atomic mass is 9.90. The number of para-hydroxylation sites is 1. The van der Waals surface area contributed by atoms with Gasteiger partial charge in [0.1, 0.15) is 5.82 Å². The number of nitrogen functional groups attached to an aromatic ring is 1. The highest BCUT2D eigenvalue weighted by atomic mass is 15.4. The molecule has 1 unspecified atom stereocenters. The van der Waals surface area contributed by atoms with Crippen LogP contribution in [0.4, 0.5) is 11.6 Å². The van der Waals surface area contributed by atoms with Crippen molar-refractivity contribution in [2.75, 3.05) is 24.7 Å². The van der Waals surface area contributed by atoms with Crippen LogP contribution in [-0.2, 0) is 13.0 Å². The van der Waals surface area contributed by atoms with Crippen molar-refractivity contribution < 1.29 is 0 Å². The molecule has 1 aliphatic heterocycles. The van der Waals surface area contributed by atoms with E-state index < -0.39 is 0 Å². The molecule has 2 N–H and O–H groups in total. The van der Waals surface area contributed by atoms with E-state index in [4.69, 9.17) is 5.73 Å². The fourth-order valence-corrected chi connectivity index (χ4v) is 2.82. The molecule has 0 saturated carbocycles. The van der Waals surface area contributed by atoms with Crippen LogP contribution >= 0.6 is 0 Å². The number of aromatic nitrogens is 3. The maximum Gasteiger partial charge on any atom is 0.239 e. The third-order valence-corrected chi connectivity index (χ3v) is 3.73. The molecule has 100 valence electrons. The van der Waals surface area contributed by atoms with Crippen LogP contribution in [-0.4, -0.2) is 28.9 Å². The molecule has 0 bridgehead atoms. The van der Waals surface area contributed by atoms with Gasteiger partial charge in [-0.3, -0.25) is 0 Å². The van der Waals surface area contributed by atoms with Gasteiger partial charge in [-0.1, -0.05) is 18.2 Å². The Morgan fingerprint density at radius 3 is 2.89 bits per heavy atom. The monoisotopic (exact) mass is 257 g/mol. The molecule has 2 aromatic rings. The molecule has 5 heteroatoms. The molecule has 5 nitrogen and oxygen atoms in total. The Balaban J connectivity index is 1.93. The van der Waals surface area contributed by atoms with Gasteiger partial charge >= 0.3 is 0 Å². The van der Waals surface area contributed by atoms with E-state index in [1.807, 2.05) is 4.68 Å². The van der Waals surface area contributed by atoms with Gasteiger partial charge in [-0.25, -0.2) is 4.68 Å². The molecule has 0 saturated heterocycles. The average molecular weight is 257 g/mol. The number of rotatable bonds is 2. The molecule has 0 aliphatic carbocycles. The third kappa shape index (κ3) is 2.16. The van der Waals surface area contributed by atoms with Gasteiger partial charge in [-0.05, 0) is 18.1 Å². The van der Waals surface area contributed by atoms with Gasteiger partial charge in [0, 0.05) is 32.1 Å². The second-order valence-corrected chi connectivity index (χ2v) is 5.26. The lowest BCUT2D eigenvalue weighted by molar-refractivity contribution is 0.424. The molecule has 1 aliphatic rings. The largest absolute Gasteiger partial charge is 0.377 e. The highest BCUT2D eigenvalue weighted by Crippen LogP contribution is 2.33. The van der Waals surface area contributed by atoms with Gasteiger partial charge in [-0.2, -0.15) is 4.98 Å². The van der Waals surface area contributed by atoms with Crippen molar-refractivity contribution >= 4 is 11.6 Å². The number of nitrogens with two attached hydrogens (primary N) is 1. The molecule has 1 aromatic carbocycles. The van der Waals surface area contributed by atoms with Crippen LogP contribution in [0.5, 0.6) is 0 Å². The average Bonchev–Trinajstić information content (AvgIpc) is 2.77. The van der Waals surface area contributed by atoms with E-state index in [-0.39, 0.29) is 0 Å². The van der Waals surface area contributed by atoms with E-state index in [0.717, 1.165) is 25.2 Å². The fourth-order valence-electron chi connectivity index (χ4n) is 2.82. The summed E-state index contributed by atoms with van der Waals surface area (Å²) >= 11 is 0. The molecule has 0 amide bonds. The van der Waals surface area contributed by atoms with Crippen molar-refractivity contribution in [3.8, 4) is 0 Å². The highest BCUT2D eigenvalue weighted by molar-refractivity contribution is 5.54. The number of nitrogens with zero attached hydrogens (tertiary/aromatic N) is 4. The van der Waals surface area contributed by atoms with Crippen molar-refractivity contribution in [3.05, 3.63) is 35.7 Å². The van der Waals surface area contributed by atoms with E-state index in [9.17, 15) is 0 Å². The Bertz CT molecular complexity index is 587. The number of hydrogen-bond donors (Lipinski definition) is 1. The standard InChI is InChI=1S/C14H19N5/c1-18(2)12-6-4-3-5-11(12)10-7-8-13-16-14(15)17-19(13)9-10/h3-6,10H,7-9H2,1-2H3,(H2,15,17). The molecule has 0 spiro atoms. The summed E-state index contributed by atoms with van der Waals surface area (Å²) in [5.41, 5.74) is 8.33. The normalized spacial score (nSPS) is 18.1. The number of hydrogen-bond acceptors (Lipinski definition) is 4. The summed E-state index contributed by atoms with van der Waals surface area (Å²) in [5.74, 6) is 1.87. The van der Waals surface area contributed by atoms with Crippen molar-refractivity contribution in [1.82, 2.24) is 14.8 Å². The lowest BCUT2D eigenvalue weighted by Crippen LogP contribution is -2.22. The first-order valence-electron chi connectivity index (χ1n) is 6.60. The van der Waals surface area contributed by atoms with Gasteiger partial charge in [0.05, 0.1) is 6.54 Å². The zero-order chi connectivity index (χ0) is 13.4. The molecule has 2 heterocycles. The predicted molar refractivity (Wildman–Crippen MR) is 76.3 cm³/mol. The van der Waals surface area contributed by atoms with Gasteiger partial charge in [0.25, 0.3) is 0 Å². The van der Waals surface area contributed by atoms with Crippen molar-refractivity contribution in [2.24, 2.45) is 0 Å². The van der Waals surface area contributed by atoms with Crippen LogP contribution in [0.3, 0.4) is 0 Å². The van der Waals surface area contributed by atoms with E-state index in [2.05, 4.69) is 53.3 Å². The van der Waals surface area contributed by atoms with Gasteiger partial charge in [0.15, 0.2) is 0 Å². The Morgan fingerprint density at radius 2 is 2.11 bits per heavy atom. The molecule has 1 aromatic heterocycles. The number of fused-ring (bicyclic) bond motifs is 1. The molecular weight excluding hydrogens is 238 g/mol. The second-order valence-electron chi connectivity index (χ2n) is 5.26. The minimum absolute atomic E-state index is 0.386. The molecule has 0 fully saturated rings. The Hall–Kier alpha value is -2.04. The van der Waals surface area contributed by atoms with Crippen LogP contribution in [0.1, 0.15) is 23.7 Å². The number of aryl methyl sites for hydroxylation is 1. The zero-order valence-corrected chi connectivity index (χ0v) is 11.4. The second kappa shape index (κ2) is 4.57. The van der Waals surface area contributed by atoms with Crippen LogP contribution in [0.25, 0.3) is 0 Å². The van der Waals surface area contributed by atoms with Crippen molar-refractivity contribution in [2.45, 2.75) is 25.3 Å². The Morgan fingerprint density at radius 1 is 1.32 bits per heavy atom. The van der Waals surface area contributed by atoms with Crippen molar-refractivity contribution in [1.29, 1.82) is 0 Å². The summed E-state index contributed by atoms with van der Waals surface area (Å²) in [5, 5.41) is 4.27. The molecule has 3 rings (SSSR count). The third-order valence-electron chi connectivity index (χ3n) is 3.73. The smallest absolute Gasteiger partial charge is 0.239 e. The highest BCUT2D eigenvalue weighted by Gasteiger charge is 2.24. The van der Waals surface area contributed by atoms with Gasteiger partial charge in [-0.15, -0.1) is 5.10 Å². The Labute approximate surface area is 113 Å². The summed E-state index contributed by atoms with van der Waals surface area (Å²) < 4.78 is 1.95. The molecule has 19 heavy (non-hydrogen) atoms. The van der Waals surface area contributed by atoms with Crippen molar-refractivity contribution in [3.63, 3.8) is 0 Å². The molecule has 1 atom stereocenters. The zero-order valence-electron chi connectivity index (χ0n) is 11.4. The summed E-state index contributed by atoms with van der Waals surface area (Å²) in [7, 11) is 4.17. The molecule has 0 radical (unpaired) electrons. The maximum absolute atomic E-state index is 5.67. The quantitative estimate of drug-likeness (QED) is 0.888. The van der Waals surface area contributed by atoms with Crippen LogP contribution in [0, 0.1) is 0 Å². The van der Waals surface area contributed by atoms with Crippen LogP contribution in [0.2, 0.25) is 0 Å². The maximum atomic E-state index is 5.67. The van der Waals surface area contributed by atoms with E-state index >= 15 is 0 Å². The fraction of sp³-hybridized carbons (Fsp3) is 0.429. The number of benzene rings is 1. The van der Waals surface area contributed by atoms with Gasteiger partial charge in [0.2, 0.25) is 5.95 Å².